The molecule has 0 aliphatic heterocycles. The maximum Gasteiger partial charge on any atom is 0.233 e. The molecule has 0 aliphatic carbocycles. The first kappa shape index (κ1) is 12.4. The van der Waals surface area contributed by atoms with E-state index in [1.165, 1.54) is 0 Å². The summed E-state index contributed by atoms with van der Waals surface area (Å²) in [5.41, 5.74) is 2.13. The minimum atomic E-state index is -0.0935. The lowest BCUT2D eigenvalue weighted by Crippen LogP contribution is -2.37. The number of amides is 1. The molecule has 1 amide bonds. The van der Waals surface area contributed by atoms with Crippen molar-refractivity contribution in [2.24, 2.45) is 5.84 Å². The van der Waals surface area contributed by atoms with Crippen LogP contribution in [0.3, 0.4) is 0 Å². The highest BCUT2D eigenvalue weighted by Crippen LogP contribution is 2.07. The number of hydrogen-bond acceptors (Lipinski definition) is 3. The lowest BCUT2D eigenvalue weighted by atomic mass is 10.1. The molecule has 4 heteroatoms. The van der Waals surface area contributed by atoms with Gasteiger partial charge in [0.15, 0.2) is 0 Å². The van der Waals surface area contributed by atoms with Gasteiger partial charge in [-0.1, -0.05) is 0 Å². The third kappa shape index (κ3) is 4.85. The van der Waals surface area contributed by atoms with Crippen molar-refractivity contribution < 1.29 is 4.79 Å². The largest absolute Gasteiger partial charge is 0.301 e. The molecule has 3 N–H and O–H groups in total. The average molecular weight is 187 g/mol. The molecule has 1 unspecified atom stereocenters. The number of nitrogens with one attached hydrogen (secondary N) is 1. The molecule has 0 aromatic rings. The SMILES string of the molecule is CC(C)N(C)C(C)CCC(=O)NN. The van der Waals surface area contributed by atoms with E-state index in [0.29, 0.717) is 18.5 Å². The highest BCUT2D eigenvalue weighted by atomic mass is 16.2. The molecule has 0 rings (SSSR count). The predicted molar refractivity (Wildman–Crippen MR) is 53.9 cm³/mol. The number of rotatable bonds is 5. The van der Waals surface area contributed by atoms with Crippen LogP contribution in [-0.4, -0.2) is 29.9 Å². The van der Waals surface area contributed by atoms with Crippen LogP contribution in [0.25, 0.3) is 0 Å². The van der Waals surface area contributed by atoms with E-state index in [1.54, 1.807) is 0 Å². The van der Waals surface area contributed by atoms with Crippen LogP contribution in [0.15, 0.2) is 0 Å². The van der Waals surface area contributed by atoms with Crippen LogP contribution in [0.1, 0.15) is 33.6 Å². The van der Waals surface area contributed by atoms with Crippen molar-refractivity contribution in [3.63, 3.8) is 0 Å². The van der Waals surface area contributed by atoms with Crippen molar-refractivity contribution in [1.29, 1.82) is 0 Å². The van der Waals surface area contributed by atoms with E-state index in [4.69, 9.17) is 5.84 Å². The first-order chi connectivity index (χ1) is 5.99. The Morgan fingerprint density at radius 1 is 1.46 bits per heavy atom. The van der Waals surface area contributed by atoms with Gasteiger partial charge in [0.2, 0.25) is 5.91 Å². The number of hydrazine groups is 1. The van der Waals surface area contributed by atoms with E-state index in [9.17, 15) is 4.79 Å². The van der Waals surface area contributed by atoms with Crippen LogP contribution in [-0.2, 0) is 4.79 Å². The Bertz CT molecular complexity index is 159. The maximum atomic E-state index is 10.9. The van der Waals surface area contributed by atoms with E-state index >= 15 is 0 Å². The molecule has 0 saturated heterocycles. The predicted octanol–water partition coefficient (Wildman–Crippen LogP) is 0.485. The van der Waals surface area contributed by atoms with Crippen LogP contribution in [0.5, 0.6) is 0 Å². The van der Waals surface area contributed by atoms with E-state index in [-0.39, 0.29) is 5.91 Å². The van der Waals surface area contributed by atoms with Gasteiger partial charge in [0.1, 0.15) is 0 Å². The van der Waals surface area contributed by atoms with Crippen molar-refractivity contribution in [2.75, 3.05) is 7.05 Å². The van der Waals surface area contributed by atoms with Gasteiger partial charge in [0.05, 0.1) is 0 Å². The summed E-state index contributed by atoms with van der Waals surface area (Å²) in [4.78, 5) is 13.1. The zero-order chi connectivity index (χ0) is 10.4. The molecule has 78 valence electrons. The summed E-state index contributed by atoms with van der Waals surface area (Å²) in [5, 5.41) is 0. The van der Waals surface area contributed by atoms with Gasteiger partial charge in [0.25, 0.3) is 0 Å². The molecule has 0 bridgehead atoms. The fourth-order valence-corrected chi connectivity index (χ4v) is 1.12. The summed E-state index contributed by atoms with van der Waals surface area (Å²) in [6.45, 7) is 6.39. The van der Waals surface area contributed by atoms with Gasteiger partial charge in [-0.05, 0) is 34.2 Å². The molecular weight excluding hydrogens is 166 g/mol. The van der Waals surface area contributed by atoms with Crippen molar-refractivity contribution in [2.45, 2.75) is 45.7 Å². The minimum Gasteiger partial charge on any atom is -0.301 e. The number of carbonyl (C=O) groups excluding carboxylic acids is 1. The summed E-state index contributed by atoms with van der Waals surface area (Å²) in [6, 6.07) is 0.924. The number of hydrogen-bond donors (Lipinski definition) is 2. The lowest BCUT2D eigenvalue weighted by Gasteiger charge is -2.28. The van der Waals surface area contributed by atoms with Crippen LogP contribution in [0.2, 0.25) is 0 Å². The zero-order valence-corrected chi connectivity index (χ0v) is 9.00. The second-order valence-electron chi connectivity index (χ2n) is 3.71. The van der Waals surface area contributed by atoms with Gasteiger partial charge in [-0.2, -0.15) is 0 Å². The van der Waals surface area contributed by atoms with Crippen molar-refractivity contribution in [1.82, 2.24) is 10.3 Å². The van der Waals surface area contributed by atoms with E-state index in [1.807, 2.05) is 0 Å². The van der Waals surface area contributed by atoms with Gasteiger partial charge in [-0.3, -0.25) is 10.2 Å². The summed E-state index contributed by atoms with van der Waals surface area (Å²) in [6.07, 6.45) is 1.34. The molecule has 0 aromatic carbocycles. The molecule has 1 atom stereocenters. The van der Waals surface area contributed by atoms with Crippen LogP contribution in [0.4, 0.5) is 0 Å². The molecular formula is C9H21N3O. The Hall–Kier alpha value is -0.610. The highest BCUT2D eigenvalue weighted by molar-refractivity contribution is 5.75. The first-order valence-electron chi connectivity index (χ1n) is 4.70. The number of carbonyl (C=O) groups is 1. The first-order valence-corrected chi connectivity index (χ1v) is 4.70. The normalized spacial score (nSPS) is 13.5. The second kappa shape index (κ2) is 5.94. The van der Waals surface area contributed by atoms with Crippen molar-refractivity contribution in [3.8, 4) is 0 Å². The average Bonchev–Trinajstić information content (AvgIpc) is 2.11. The quantitative estimate of drug-likeness (QED) is 0.374. The van der Waals surface area contributed by atoms with Gasteiger partial charge in [-0.15, -0.1) is 0 Å². The fraction of sp³-hybridized carbons (Fsp3) is 0.889. The van der Waals surface area contributed by atoms with Crippen molar-refractivity contribution >= 4 is 5.91 Å². The van der Waals surface area contributed by atoms with Crippen molar-refractivity contribution in [3.05, 3.63) is 0 Å². The molecule has 0 aromatic heterocycles. The lowest BCUT2D eigenvalue weighted by molar-refractivity contribution is -0.121. The molecule has 0 saturated carbocycles. The Morgan fingerprint density at radius 2 is 2.00 bits per heavy atom. The topological polar surface area (TPSA) is 58.4 Å². The Kier molecular flexibility index (Phi) is 5.66. The van der Waals surface area contributed by atoms with E-state index in [0.717, 1.165) is 6.42 Å². The fourth-order valence-electron chi connectivity index (χ4n) is 1.12. The smallest absolute Gasteiger partial charge is 0.233 e. The summed E-state index contributed by atoms with van der Waals surface area (Å²) < 4.78 is 0. The molecule has 13 heavy (non-hydrogen) atoms. The zero-order valence-electron chi connectivity index (χ0n) is 9.00. The standard InChI is InChI=1S/C9H21N3O/c1-7(2)12(4)8(3)5-6-9(13)11-10/h7-8H,5-6,10H2,1-4H3,(H,11,13). The molecule has 0 radical (unpaired) electrons. The maximum absolute atomic E-state index is 10.9. The minimum absolute atomic E-state index is 0.0935. The van der Waals surface area contributed by atoms with E-state index in [2.05, 4.69) is 38.1 Å². The Morgan fingerprint density at radius 3 is 2.38 bits per heavy atom. The third-order valence-corrected chi connectivity index (χ3v) is 2.46. The second-order valence-corrected chi connectivity index (χ2v) is 3.71. The highest BCUT2D eigenvalue weighted by Gasteiger charge is 2.12. The van der Waals surface area contributed by atoms with Gasteiger partial charge < -0.3 is 4.90 Å². The van der Waals surface area contributed by atoms with Crippen LogP contribution in [0, 0.1) is 0 Å². The summed E-state index contributed by atoms with van der Waals surface area (Å²) >= 11 is 0. The molecule has 0 aliphatic rings. The number of nitrogens with two attached hydrogens (primary N) is 1. The Balaban J connectivity index is 3.73. The number of nitrogens with zero attached hydrogens (tertiary/aromatic N) is 1. The summed E-state index contributed by atoms with van der Waals surface area (Å²) in [5.74, 6) is 4.89. The third-order valence-electron chi connectivity index (χ3n) is 2.46. The van der Waals surface area contributed by atoms with Crippen LogP contribution >= 0.6 is 0 Å². The molecule has 0 spiro atoms. The molecule has 4 nitrogen and oxygen atoms in total. The van der Waals surface area contributed by atoms with Crippen LogP contribution < -0.4 is 11.3 Å². The van der Waals surface area contributed by atoms with Gasteiger partial charge in [-0.25, -0.2) is 5.84 Å². The molecule has 0 heterocycles. The summed E-state index contributed by atoms with van der Waals surface area (Å²) in [7, 11) is 2.07. The molecule has 0 fully saturated rings. The monoisotopic (exact) mass is 187 g/mol. The van der Waals surface area contributed by atoms with Gasteiger partial charge >= 0.3 is 0 Å². The van der Waals surface area contributed by atoms with E-state index < -0.39 is 0 Å². The Labute approximate surface area is 80.4 Å². The van der Waals surface area contributed by atoms with Gasteiger partial charge in [0, 0.05) is 18.5 Å².